The second-order valence-corrected chi connectivity index (χ2v) is 8.17. The van der Waals surface area contributed by atoms with Gasteiger partial charge in [-0.05, 0) is 23.7 Å². The molecule has 1 aromatic carbocycles. The second kappa shape index (κ2) is 4.63. The summed E-state index contributed by atoms with van der Waals surface area (Å²) < 4.78 is 49.0. The van der Waals surface area contributed by atoms with E-state index in [2.05, 4.69) is 9.36 Å². The molecule has 0 amide bonds. The molecule has 10 heteroatoms. The van der Waals surface area contributed by atoms with Crippen LogP contribution in [0.5, 0.6) is 0 Å². The minimum absolute atomic E-state index is 0.0232. The topological polar surface area (TPSA) is 120 Å². The van der Waals surface area contributed by atoms with E-state index in [-0.39, 0.29) is 20.6 Å². The van der Waals surface area contributed by atoms with E-state index in [0.29, 0.717) is 11.5 Å². The van der Waals surface area contributed by atoms with Crippen LogP contribution in [0.1, 0.15) is 0 Å². The molecule has 1 aromatic heterocycles. The number of benzene rings is 1. The van der Waals surface area contributed by atoms with E-state index in [1.54, 1.807) is 12.1 Å². The Hall–Kier alpha value is -1.36. The summed E-state index contributed by atoms with van der Waals surface area (Å²) in [6, 6.07) is 6.09. The van der Waals surface area contributed by atoms with Crippen molar-refractivity contribution in [3.8, 4) is 11.4 Å². The molecular formula is C9H9N3O4S3. The standard InChI is InChI=1S/C9H9N3O4S3/c1-18(13,14)7-5-3-2-4-6(7)8-11-9(17-12-8)19(10,15)16/h2-5H,1H3,(H2,10,15,16). The third-order valence-corrected chi connectivity index (χ3v) is 5.34. The summed E-state index contributed by atoms with van der Waals surface area (Å²) in [5.74, 6) is 0.0232. The van der Waals surface area contributed by atoms with Crippen LogP contribution in [0.3, 0.4) is 0 Å². The average Bonchev–Trinajstić information content (AvgIpc) is 2.76. The van der Waals surface area contributed by atoms with E-state index in [4.69, 9.17) is 5.14 Å². The Morgan fingerprint density at radius 1 is 1.16 bits per heavy atom. The number of nitrogens with two attached hydrogens (primary N) is 1. The third-order valence-electron chi connectivity index (χ3n) is 2.18. The zero-order valence-corrected chi connectivity index (χ0v) is 12.1. The molecule has 0 spiro atoms. The SMILES string of the molecule is CS(=O)(=O)c1ccccc1-c1nsc(S(N)(=O)=O)n1. The molecular weight excluding hydrogens is 310 g/mol. The molecule has 2 N–H and O–H groups in total. The molecule has 0 aliphatic carbocycles. The van der Waals surface area contributed by atoms with Gasteiger partial charge < -0.3 is 0 Å². The lowest BCUT2D eigenvalue weighted by Gasteiger charge is -2.03. The maximum atomic E-state index is 11.6. The molecule has 0 aliphatic heterocycles. The molecule has 0 unspecified atom stereocenters. The Labute approximate surface area is 114 Å². The number of rotatable bonds is 3. The average molecular weight is 319 g/mol. The van der Waals surface area contributed by atoms with Crippen molar-refractivity contribution in [2.45, 2.75) is 9.24 Å². The Morgan fingerprint density at radius 3 is 2.32 bits per heavy atom. The Morgan fingerprint density at radius 2 is 1.79 bits per heavy atom. The number of primary sulfonamides is 1. The number of aromatic nitrogens is 2. The van der Waals surface area contributed by atoms with Crippen LogP contribution in [0.25, 0.3) is 11.4 Å². The molecule has 19 heavy (non-hydrogen) atoms. The minimum atomic E-state index is -3.94. The van der Waals surface area contributed by atoms with Gasteiger partial charge in [0, 0.05) is 11.8 Å². The predicted octanol–water partition coefficient (Wildman–Crippen LogP) is 0.256. The Kier molecular flexibility index (Phi) is 3.43. The monoisotopic (exact) mass is 319 g/mol. The molecule has 102 valence electrons. The number of hydrogen-bond acceptors (Lipinski definition) is 7. The van der Waals surface area contributed by atoms with Gasteiger partial charge in [0.05, 0.1) is 4.90 Å². The molecule has 1 heterocycles. The van der Waals surface area contributed by atoms with Gasteiger partial charge in [0.2, 0.25) is 4.34 Å². The van der Waals surface area contributed by atoms with Crippen LogP contribution in [0, 0.1) is 0 Å². The van der Waals surface area contributed by atoms with E-state index >= 15 is 0 Å². The number of hydrogen-bond donors (Lipinski definition) is 1. The lowest BCUT2D eigenvalue weighted by atomic mass is 10.2. The van der Waals surface area contributed by atoms with Crippen molar-refractivity contribution in [2.75, 3.05) is 6.26 Å². The number of sulfonamides is 1. The first-order valence-electron chi connectivity index (χ1n) is 4.85. The van der Waals surface area contributed by atoms with E-state index in [9.17, 15) is 16.8 Å². The van der Waals surface area contributed by atoms with Crippen LogP contribution in [-0.4, -0.2) is 32.4 Å². The molecule has 2 rings (SSSR count). The molecule has 7 nitrogen and oxygen atoms in total. The third kappa shape index (κ3) is 2.97. The Bertz CT molecular complexity index is 824. The van der Waals surface area contributed by atoms with Crippen molar-refractivity contribution in [1.29, 1.82) is 0 Å². The van der Waals surface area contributed by atoms with Crippen LogP contribution in [0.2, 0.25) is 0 Å². The van der Waals surface area contributed by atoms with Gasteiger partial charge in [-0.3, -0.25) is 0 Å². The van der Waals surface area contributed by atoms with E-state index < -0.39 is 19.9 Å². The molecule has 0 fully saturated rings. The van der Waals surface area contributed by atoms with Gasteiger partial charge >= 0.3 is 0 Å². The first kappa shape index (κ1) is 14.1. The zero-order chi connectivity index (χ0) is 14.3. The van der Waals surface area contributed by atoms with Gasteiger partial charge in [0.15, 0.2) is 15.7 Å². The first-order valence-corrected chi connectivity index (χ1v) is 9.06. The summed E-state index contributed by atoms with van der Waals surface area (Å²) >= 11 is 0.602. The highest BCUT2D eigenvalue weighted by Gasteiger charge is 2.20. The Balaban J connectivity index is 2.64. The van der Waals surface area contributed by atoms with E-state index in [1.807, 2.05) is 0 Å². The maximum Gasteiger partial charge on any atom is 0.266 e. The van der Waals surface area contributed by atoms with Crippen molar-refractivity contribution in [2.24, 2.45) is 5.14 Å². The molecule has 0 saturated heterocycles. The first-order chi connectivity index (χ1) is 8.69. The fourth-order valence-electron chi connectivity index (χ4n) is 1.41. The van der Waals surface area contributed by atoms with Gasteiger partial charge in [-0.15, -0.1) is 0 Å². The quantitative estimate of drug-likeness (QED) is 0.866. The van der Waals surface area contributed by atoms with Gasteiger partial charge in [-0.1, -0.05) is 12.1 Å². The van der Waals surface area contributed by atoms with Crippen LogP contribution in [-0.2, 0) is 19.9 Å². The number of sulfone groups is 1. The lowest BCUT2D eigenvalue weighted by Crippen LogP contribution is -2.11. The largest absolute Gasteiger partial charge is 0.266 e. The normalized spacial score (nSPS) is 12.5. The van der Waals surface area contributed by atoms with Crippen molar-refractivity contribution in [3.05, 3.63) is 24.3 Å². The number of nitrogens with zero attached hydrogens (tertiary/aromatic N) is 2. The highest BCUT2D eigenvalue weighted by molar-refractivity contribution is 7.91. The summed E-state index contributed by atoms with van der Waals surface area (Å²) in [7, 11) is -7.41. The van der Waals surface area contributed by atoms with Crippen molar-refractivity contribution < 1.29 is 16.8 Å². The highest BCUT2D eigenvalue weighted by Crippen LogP contribution is 2.26. The van der Waals surface area contributed by atoms with E-state index in [0.717, 1.165) is 6.26 Å². The maximum absolute atomic E-state index is 11.6. The van der Waals surface area contributed by atoms with Gasteiger partial charge in [-0.25, -0.2) is 27.0 Å². The summed E-state index contributed by atoms with van der Waals surface area (Å²) in [6.07, 6.45) is 1.05. The van der Waals surface area contributed by atoms with Gasteiger partial charge in [-0.2, -0.15) is 4.37 Å². The summed E-state index contributed by atoms with van der Waals surface area (Å²) in [4.78, 5) is 3.79. The summed E-state index contributed by atoms with van der Waals surface area (Å²) in [5, 5.41) is 4.93. The van der Waals surface area contributed by atoms with Crippen molar-refractivity contribution in [3.63, 3.8) is 0 Å². The minimum Gasteiger partial charge on any atom is -0.224 e. The van der Waals surface area contributed by atoms with Gasteiger partial charge in [0.25, 0.3) is 10.0 Å². The fourth-order valence-corrected chi connectivity index (χ4v) is 3.47. The summed E-state index contributed by atoms with van der Waals surface area (Å²) in [5.41, 5.74) is 0.246. The van der Waals surface area contributed by atoms with Gasteiger partial charge in [0.1, 0.15) is 0 Å². The van der Waals surface area contributed by atoms with E-state index in [1.165, 1.54) is 12.1 Å². The van der Waals surface area contributed by atoms with Crippen molar-refractivity contribution in [1.82, 2.24) is 9.36 Å². The predicted molar refractivity (Wildman–Crippen MR) is 69.8 cm³/mol. The lowest BCUT2D eigenvalue weighted by molar-refractivity contribution is 0.597. The fraction of sp³-hybridized carbons (Fsp3) is 0.111. The molecule has 0 radical (unpaired) electrons. The molecule has 0 bridgehead atoms. The second-order valence-electron chi connectivity index (χ2n) is 3.70. The van der Waals surface area contributed by atoms with Crippen LogP contribution >= 0.6 is 11.5 Å². The van der Waals surface area contributed by atoms with Crippen LogP contribution in [0.15, 0.2) is 33.5 Å². The van der Waals surface area contributed by atoms with Crippen molar-refractivity contribution >= 4 is 31.4 Å². The summed E-state index contributed by atoms with van der Waals surface area (Å²) in [6.45, 7) is 0. The molecule has 2 aromatic rings. The van der Waals surface area contributed by atoms with Crippen LogP contribution in [0.4, 0.5) is 0 Å². The highest BCUT2D eigenvalue weighted by atomic mass is 32.2. The molecule has 0 aliphatic rings. The molecule has 0 saturated carbocycles. The van der Waals surface area contributed by atoms with Crippen LogP contribution < -0.4 is 5.14 Å². The zero-order valence-electron chi connectivity index (χ0n) is 9.64. The molecule has 0 atom stereocenters. The smallest absolute Gasteiger partial charge is 0.224 e.